The molecule has 0 aliphatic heterocycles. The van der Waals surface area contributed by atoms with Gasteiger partial charge in [0.2, 0.25) is 0 Å². The van der Waals surface area contributed by atoms with Crippen molar-refractivity contribution in [3.8, 4) is 0 Å². The van der Waals surface area contributed by atoms with Gasteiger partial charge >= 0.3 is 11.8 Å². The molecule has 140 valence electrons. The number of nitrogens with zero attached hydrogens (tertiary/aromatic N) is 2. The molecule has 1 fully saturated rings. The molecule has 0 unspecified atom stereocenters. The lowest BCUT2D eigenvalue weighted by molar-refractivity contribution is 0.0883. The summed E-state index contributed by atoms with van der Waals surface area (Å²) in [5, 5.41) is 7.06. The second kappa shape index (κ2) is 8.18. The molecule has 1 aliphatic carbocycles. The van der Waals surface area contributed by atoms with Crippen LogP contribution in [0.1, 0.15) is 48.6 Å². The van der Waals surface area contributed by atoms with Gasteiger partial charge in [-0.05, 0) is 37.1 Å². The number of benzene rings is 1. The van der Waals surface area contributed by atoms with Gasteiger partial charge in [-0.15, -0.1) is 0 Å². The van der Waals surface area contributed by atoms with Gasteiger partial charge in [-0.1, -0.05) is 36.0 Å². The minimum atomic E-state index is -3.49. The lowest BCUT2D eigenvalue weighted by atomic mass is 9.95. The number of nitrogens with one attached hydrogen (secondary N) is 1. The maximum atomic E-state index is 12.3. The van der Waals surface area contributed by atoms with Crippen LogP contribution < -0.4 is 5.32 Å². The van der Waals surface area contributed by atoms with Crippen LogP contribution in [0.4, 0.5) is 0 Å². The molecule has 1 aromatic carbocycles. The van der Waals surface area contributed by atoms with Gasteiger partial charge < -0.3 is 9.84 Å². The number of halogens is 1. The molecular weight excluding hydrogens is 378 g/mol. The van der Waals surface area contributed by atoms with Crippen molar-refractivity contribution in [3.63, 3.8) is 0 Å². The SMILES string of the molecule is O=C(NC1CCCCC1)c1nc(CCS(=O)(=O)c2ccc(Cl)cc2)no1. The van der Waals surface area contributed by atoms with Gasteiger partial charge in [-0.25, -0.2) is 8.42 Å². The number of sulfone groups is 1. The van der Waals surface area contributed by atoms with E-state index in [9.17, 15) is 13.2 Å². The second-order valence-electron chi connectivity index (χ2n) is 6.35. The van der Waals surface area contributed by atoms with Crippen LogP contribution in [-0.2, 0) is 16.3 Å². The predicted molar refractivity (Wildman–Crippen MR) is 95.8 cm³/mol. The Kier molecular flexibility index (Phi) is 5.93. The zero-order chi connectivity index (χ0) is 18.6. The van der Waals surface area contributed by atoms with Crippen molar-refractivity contribution < 1.29 is 17.7 Å². The summed E-state index contributed by atoms with van der Waals surface area (Å²) in [6, 6.07) is 6.10. The Morgan fingerprint density at radius 2 is 1.88 bits per heavy atom. The predicted octanol–water partition coefficient (Wildman–Crippen LogP) is 2.80. The highest BCUT2D eigenvalue weighted by atomic mass is 35.5. The fourth-order valence-corrected chi connectivity index (χ4v) is 4.29. The molecule has 1 amide bonds. The first kappa shape index (κ1) is 18.8. The lowest BCUT2D eigenvalue weighted by Crippen LogP contribution is -2.36. The normalized spacial score (nSPS) is 15.7. The molecule has 1 heterocycles. The van der Waals surface area contributed by atoms with E-state index in [1.165, 1.54) is 30.7 Å². The first-order chi connectivity index (χ1) is 12.4. The van der Waals surface area contributed by atoms with Crippen molar-refractivity contribution in [1.82, 2.24) is 15.5 Å². The number of carbonyl (C=O) groups is 1. The zero-order valence-electron chi connectivity index (χ0n) is 14.2. The fraction of sp³-hybridized carbons (Fsp3) is 0.471. The van der Waals surface area contributed by atoms with Crippen molar-refractivity contribution in [2.24, 2.45) is 0 Å². The maximum absolute atomic E-state index is 12.3. The molecule has 1 aliphatic rings. The Morgan fingerprint density at radius 1 is 1.19 bits per heavy atom. The van der Waals surface area contributed by atoms with Crippen molar-refractivity contribution in [2.75, 3.05) is 5.75 Å². The summed E-state index contributed by atoms with van der Waals surface area (Å²) in [6.45, 7) is 0. The standard InChI is InChI=1S/C17H20ClN3O4S/c18-12-6-8-14(9-7-12)26(23,24)11-10-15-20-17(25-21-15)16(22)19-13-4-2-1-3-5-13/h6-9,13H,1-5,10-11H2,(H,19,22). The van der Waals surface area contributed by atoms with Crippen molar-refractivity contribution in [1.29, 1.82) is 0 Å². The Morgan fingerprint density at radius 3 is 2.58 bits per heavy atom. The quantitative estimate of drug-likeness (QED) is 0.804. The third kappa shape index (κ3) is 4.82. The Balaban J connectivity index is 1.57. The first-order valence-electron chi connectivity index (χ1n) is 8.56. The van der Waals surface area contributed by atoms with E-state index in [0.29, 0.717) is 5.02 Å². The molecule has 0 saturated heterocycles. The van der Waals surface area contributed by atoms with E-state index in [1.807, 2.05) is 0 Å². The van der Waals surface area contributed by atoms with Gasteiger partial charge in [0, 0.05) is 17.5 Å². The Labute approximate surface area is 157 Å². The number of rotatable bonds is 6. The minimum Gasteiger partial charge on any atom is -0.345 e. The number of hydrogen-bond donors (Lipinski definition) is 1. The van der Waals surface area contributed by atoms with Gasteiger partial charge in [0.15, 0.2) is 15.7 Å². The summed E-state index contributed by atoms with van der Waals surface area (Å²) < 4.78 is 29.6. The fourth-order valence-electron chi connectivity index (χ4n) is 2.93. The third-order valence-electron chi connectivity index (χ3n) is 4.37. The summed E-state index contributed by atoms with van der Waals surface area (Å²) >= 11 is 5.77. The third-order valence-corrected chi connectivity index (χ3v) is 6.35. The zero-order valence-corrected chi connectivity index (χ0v) is 15.7. The number of aryl methyl sites for hydroxylation is 1. The van der Waals surface area contributed by atoms with E-state index in [-0.39, 0.29) is 34.8 Å². The Hall–Kier alpha value is -1.93. The van der Waals surface area contributed by atoms with Crippen LogP contribution in [0.15, 0.2) is 33.7 Å². The molecule has 7 nitrogen and oxygen atoms in total. The molecule has 1 saturated carbocycles. The molecule has 9 heteroatoms. The van der Waals surface area contributed by atoms with Crippen molar-refractivity contribution in [2.45, 2.75) is 49.5 Å². The average molecular weight is 398 g/mol. The molecule has 2 aromatic rings. The summed E-state index contributed by atoms with van der Waals surface area (Å²) in [7, 11) is -3.49. The molecule has 1 aromatic heterocycles. The topological polar surface area (TPSA) is 102 Å². The summed E-state index contributed by atoms with van der Waals surface area (Å²) in [5.74, 6) is -0.528. The highest BCUT2D eigenvalue weighted by Gasteiger charge is 2.22. The molecule has 26 heavy (non-hydrogen) atoms. The number of hydrogen-bond acceptors (Lipinski definition) is 6. The summed E-state index contributed by atoms with van der Waals surface area (Å²) in [6.07, 6.45) is 5.35. The molecule has 0 atom stereocenters. The van der Waals surface area contributed by atoms with Gasteiger partial charge in [-0.2, -0.15) is 4.98 Å². The maximum Gasteiger partial charge on any atom is 0.315 e. The Bertz CT molecular complexity index is 858. The van der Waals surface area contributed by atoms with E-state index >= 15 is 0 Å². The van der Waals surface area contributed by atoms with E-state index in [1.54, 1.807) is 0 Å². The molecular formula is C17H20ClN3O4S. The van der Waals surface area contributed by atoms with E-state index in [2.05, 4.69) is 15.5 Å². The van der Waals surface area contributed by atoms with Crippen LogP contribution in [-0.4, -0.2) is 36.3 Å². The summed E-state index contributed by atoms with van der Waals surface area (Å²) in [4.78, 5) is 16.3. The van der Waals surface area contributed by atoms with E-state index in [0.717, 1.165) is 25.7 Å². The van der Waals surface area contributed by atoms with Crippen LogP contribution in [0.5, 0.6) is 0 Å². The van der Waals surface area contributed by atoms with Crippen LogP contribution in [0.25, 0.3) is 0 Å². The number of amides is 1. The van der Waals surface area contributed by atoms with Crippen LogP contribution >= 0.6 is 11.6 Å². The molecule has 1 N–H and O–H groups in total. The van der Waals surface area contributed by atoms with Gasteiger partial charge in [0.25, 0.3) is 0 Å². The number of aromatic nitrogens is 2. The monoisotopic (exact) mass is 397 g/mol. The molecule has 0 spiro atoms. The van der Waals surface area contributed by atoms with Gasteiger partial charge in [0.05, 0.1) is 10.6 Å². The van der Waals surface area contributed by atoms with Gasteiger partial charge in [-0.3, -0.25) is 4.79 Å². The van der Waals surface area contributed by atoms with E-state index < -0.39 is 15.7 Å². The largest absolute Gasteiger partial charge is 0.345 e. The van der Waals surface area contributed by atoms with E-state index in [4.69, 9.17) is 16.1 Å². The second-order valence-corrected chi connectivity index (χ2v) is 8.89. The highest BCUT2D eigenvalue weighted by Crippen LogP contribution is 2.18. The average Bonchev–Trinajstić information content (AvgIpc) is 3.11. The van der Waals surface area contributed by atoms with Crippen LogP contribution in [0.3, 0.4) is 0 Å². The molecule has 0 radical (unpaired) electrons. The van der Waals surface area contributed by atoms with Gasteiger partial charge in [0.1, 0.15) is 0 Å². The van der Waals surface area contributed by atoms with Crippen LogP contribution in [0.2, 0.25) is 5.02 Å². The van der Waals surface area contributed by atoms with Crippen molar-refractivity contribution >= 4 is 27.3 Å². The van der Waals surface area contributed by atoms with Crippen molar-refractivity contribution in [3.05, 3.63) is 41.0 Å². The number of carbonyl (C=O) groups excluding carboxylic acids is 1. The van der Waals surface area contributed by atoms with Crippen LogP contribution in [0, 0.1) is 0 Å². The first-order valence-corrected chi connectivity index (χ1v) is 10.6. The smallest absolute Gasteiger partial charge is 0.315 e. The minimum absolute atomic E-state index is 0.0607. The lowest BCUT2D eigenvalue weighted by Gasteiger charge is -2.21. The summed E-state index contributed by atoms with van der Waals surface area (Å²) in [5.41, 5.74) is 0. The molecule has 0 bridgehead atoms. The molecule has 3 rings (SSSR count). The highest BCUT2D eigenvalue weighted by molar-refractivity contribution is 7.91.